The first-order chi connectivity index (χ1) is 14.9. The fraction of sp³-hybridized carbons (Fsp3) is 0.190. The van der Waals surface area contributed by atoms with Gasteiger partial charge in [-0.15, -0.1) is 11.3 Å². The Morgan fingerprint density at radius 3 is 2.81 bits per heavy atom. The van der Waals surface area contributed by atoms with Gasteiger partial charge >= 0.3 is 5.97 Å². The SMILES string of the molecule is CCOC(=O)Cc1csc(NN=Cc2c(Cl)cc(Cl)cc2COc2ccc(F)cc2)n1. The Bertz CT molecular complexity index is 1070. The monoisotopic (exact) mass is 481 g/mol. The smallest absolute Gasteiger partial charge is 0.311 e. The quantitative estimate of drug-likeness (QED) is 0.240. The molecule has 0 amide bonds. The number of carbonyl (C=O) groups excluding carboxylic acids is 1. The van der Waals surface area contributed by atoms with Crippen LogP contribution in [0.5, 0.6) is 5.75 Å². The van der Waals surface area contributed by atoms with Gasteiger partial charge in [-0.1, -0.05) is 23.2 Å². The van der Waals surface area contributed by atoms with Crippen molar-refractivity contribution in [3.05, 3.63) is 74.5 Å². The van der Waals surface area contributed by atoms with E-state index in [-0.39, 0.29) is 24.8 Å². The zero-order valence-electron chi connectivity index (χ0n) is 16.4. The normalized spacial score (nSPS) is 11.0. The molecule has 0 unspecified atom stereocenters. The van der Waals surface area contributed by atoms with Crippen molar-refractivity contribution in [1.29, 1.82) is 0 Å². The molecule has 0 aliphatic carbocycles. The molecule has 3 aromatic rings. The van der Waals surface area contributed by atoms with Crippen LogP contribution in [0.4, 0.5) is 9.52 Å². The number of hydrogen-bond donors (Lipinski definition) is 1. The second-order valence-corrected chi connectivity index (χ2v) is 7.90. The molecule has 0 spiro atoms. The van der Waals surface area contributed by atoms with Gasteiger partial charge in [-0.25, -0.2) is 9.37 Å². The second-order valence-electron chi connectivity index (χ2n) is 6.20. The molecule has 6 nitrogen and oxygen atoms in total. The lowest BCUT2D eigenvalue weighted by molar-refractivity contribution is -0.142. The molecule has 0 fully saturated rings. The molecule has 10 heteroatoms. The standard InChI is InChI=1S/C21H18Cl2FN3O3S/c1-2-29-20(28)9-16-12-31-21(26-16)27-25-10-18-13(7-14(22)8-19(18)23)11-30-17-5-3-15(24)4-6-17/h3-8,10,12H,2,9,11H2,1H3,(H,26,27). The predicted octanol–water partition coefficient (Wildman–Crippen LogP) is 5.72. The molecule has 1 aromatic heterocycles. The first kappa shape index (κ1) is 23.0. The van der Waals surface area contributed by atoms with Crippen molar-refractivity contribution in [3.63, 3.8) is 0 Å². The van der Waals surface area contributed by atoms with Gasteiger partial charge < -0.3 is 9.47 Å². The number of esters is 1. The largest absolute Gasteiger partial charge is 0.489 e. The third kappa shape index (κ3) is 6.92. The van der Waals surface area contributed by atoms with Crippen LogP contribution in [0.25, 0.3) is 0 Å². The van der Waals surface area contributed by atoms with Crippen molar-refractivity contribution in [2.75, 3.05) is 12.0 Å². The summed E-state index contributed by atoms with van der Waals surface area (Å²) in [4.78, 5) is 15.8. The van der Waals surface area contributed by atoms with Crippen LogP contribution in [0.3, 0.4) is 0 Å². The van der Waals surface area contributed by atoms with E-state index in [1.54, 1.807) is 24.4 Å². The highest BCUT2D eigenvalue weighted by molar-refractivity contribution is 7.13. The van der Waals surface area contributed by atoms with Gasteiger partial charge in [0, 0.05) is 21.5 Å². The Balaban J connectivity index is 1.67. The van der Waals surface area contributed by atoms with Crippen molar-refractivity contribution in [1.82, 2.24) is 4.98 Å². The van der Waals surface area contributed by atoms with Crippen LogP contribution in [0.15, 0.2) is 46.9 Å². The topological polar surface area (TPSA) is 72.8 Å². The van der Waals surface area contributed by atoms with Crippen LogP contribution in [-0.4, -0.2) is 23.8 Å². The molecule has 0 aliphatic heterocycles. The number of benzene rings is 2. The number of hydrogen-bond acceptors (Lipinski definition) is 7. The van der Waals surface area contributed by atoms with E-state index < -0.39 is 0 Å². The lowest BCUT2D eigenvalue weighted by Crippen LogP contribution is -2.07. The Hall–Kier alpha value is -2.68. The number of ether oxygens (including phenoxy) is 2. The van der Waals surface area contributed by atoms with E-state index in [9.17, 15) is 9.18 Å². The minimum Gasteiger partial charge on any atom is -0.489 e. The number of nitrogens with zero attached hydrogens (tertiary/aromatic N) is 2. The van der Waals surface area contributed by atoms with Gasteiger partial charge in [-0.05, 0) is 43.3 Å². The maximum Gasteiger partial charge on any atom is 0.311 e. The number of halogens is 3. The Morgan fingerprint density at radius 1 is 1.29 bits per heavy atom. The van der Waals surface area contributed by atoms with E-state index in [0.29, 0.717) is 44.4 Å². The summed E-state index contributed by atoms with van der Waals surface area (Å²) in [7, 11) is 0. The summed E-state index contributed by atoms with van der Waals surface area (Å²) in [6.07, 6.45) is 1.64. The maximum absolute atomic E-state index is 13.1. The van der Waals surface area contributed by atoms with Gasteiger partial charge in [0.2, 0.25) is 5.13 Å². The second kappa shape index (κ2) is 11.1. The van der Waals surface area contributed by atoms with Gasteiger partial charge in [-0.3, -0.25) is 10.2 Å². The van der Waals surface area contributed by atoms with E-state index in [2.05, 4.69) is 15.5 Å². The van der Waals surface area contributed by atoms with E-state index in [0.717, 1.165) is 0 Å². The van der Waals surface area contributed by atoms with Gasteiger partial charge in [0.05, 0.1) is 30.0 Å². The highest BCUT2D eigenvalue weighted by Crippen LogP contribution is 2.26. The fourth-order valence-corrected chi connectivity index (χ4v) is 3.79. The van der Waals surface area contributed by atoms with Gasteiger partial charge in [0.1, 0.15) is 18.2 Å². The molecule has 2 aromatic carbocycles. The van der Waals surface area contributed by atoms with Crippen LogP contribution in [0.2, 0.25) is 10.0 Å². The van der Waals surface area contributed by atoms with Crippen LogP contribution in [-0.2, 0) is 22.6 Å². The molecule has 0 saturated heterocycles. The number of nitrogens with one attached hydrogen (secondary N) is 1. The zero-order valence-corrected chi connectivity index (χ0v) is 18.7. The molecule has 1 heterocycles. The molecule has 0 bridgehead atoms. The summed E-state index contributed by atoms with van der Waals surface area (Å²) in [5, 5.41) is 7.31. The van der Waals surface area contributed by atoms with E-state index in [1.165, 1.54) is 41.8 Å². The molecule has 31 heavy (non-hydrogen) atoms. The zero-order chi connectivity index (χ0) is 22.2. The highest BCUT2D eigenvalue weighted by Gasteiger charge is 2.10. The molecule has 0 saturated carbocycles. The molecule has 1 N–H and O–H groups in total. The number of anilines is 1. The highest BCUT2D eigenvalue weighted by atomic mass is 35.5. The van der Waals surface area contributed by atoms with Gasteiger partial charge in [0.25, 0.3) is 0 Å². The van der Waals surface area contributed by atoms with Crippen LogP contribution in [0, 0.1) is 5.82 Å². The summed E-state index contributed by atoms with van der Waals surface area (Å²) in [5.74, 6) is -0.165. The summed E-state index contributed by atoms with van der Waals surface area (Å²) in [6.45, 7) is 2.24. The van der Waals surface area contributed by atoms with Crippen molar-refractivity contribution in [2.24, 2.45) is 5.10 Å². The Kier molecular flexibility index (Phi) is 8.22. The Morgan fingerprint density at radius 2 is 2.06 bits per heavy atom. The molecule has 0 atom stereocenters. The van der Waals surface area contributed by atoms with E-state index >= 15 is 0 Å². The lowest BCUT2D eigenvalue weighted by atomic mass is 10.1. The Labute approximate surface area is 192 Å². The average Bonchev–Trinajstić information content (AvgIpc) is 3.16. The van der Waals surface area contributed by atoms with Crippen molar-refractivity contribution < 1.29 is 18.7 Å². The fourth-order valence-electron chi connectivity index (χ4n) is 2.55. The number of hydrazone groups is 1. The molecule has 0 radical (unpaired) electrons. The summed E-state index contributed by atoms with van der Waals surface area (Å²) in [6, 6.07) is 9.03. The van der Waals surface area contributed by atoms with Crippen molar-refractivity contribution in [3.8, 4) is 5.75 Å². The number of carbonyl (C=O) groups is 1. The summed E-state index contributed by atoms with van der Waals surface area (Å²) in [5.41, 5.74) is 4.73. The minimum atomic E-state index is -0.343. The summed E-state index contributed by atoms with van der Waals surface area (Å²) >= 11 is 13.8. The molecule has 162 valence electrons. The third-order valence-electron chi connectivity index (χ3n) is 3.92. The molecular weight excluding hydrogens is 464 g/mol. The molecule has 3 rings (SSSR count). The predicted molar refractivity (Wildman–Crippen MR) is 121 cm³/mol. The summed E-state index contributed by atoms with van der Waals surface area (Å²) < 4.78 is 23.7. The lowest BCUT2D eigenvalue weighted by Gasteiger charge is -2.11. The van der Waals surface area contributed by atoms with Crippen molar-refractivity contribution >= 4 is 51.9 Å². The van der Waals surface area contributed by atoms with Crippen LogP contribution < -0.4 is 10.2 Å². The molecular formula is C21H18Cl2FN3O3S. The number of rotatable bonds is 9. The number of aromatic nitrogens is 1. The third-order valence-corrected chi connectivity index (χ3v) is 5.25. The minimum absolute atomic E-state index is 0.101. The van der Waals surface area contributed by atoms with Crippen LogP contribution in [0.1, 0.15) is 23.7 Å². The van der Waals surface area contributed by atoms with Gasteiger partial charge in [-0.2, -0.15) is 5.10 Å². The molecule has 0 aliphatic rings. The van der Waals surface area contributed by atoms with E-state index in [1.807, 2.05) is 0 Å². The first-order valence-corrected chi connectivity index (χ1v) is 10.8. The average molecular weight is 482 g/mol. The number of thiazole rings is 1. The maximum atomic E-state index is 13.1. The van der Waals surface area contributed by atoms with Gasteiger partial charge in [0.15, 0.2) is 0 Å². The van der Waals surface area contributed by atoms with Crippen LogP contribution >= 0.6 is 34.5 Å². The van der Waals surface area contributed by atoms with Crippen molar-refractivity contribution in [2.45, 2.75) is 20.0 Å². The van der Waals surface area contributed by atoms with E-state index in [4.69, 9.17) is 32.7 Å². The first-order valence-electron chi connectivity index (χ1n) is 9.20.